The predicted molar refractivity (Wildman–Crippen MR) is 67.9 cm³/mol. The Hall–Kier alpha value is -1.36. The summed E-state index contributed by atoms with van der Waals surface area (Å²) in [6, 6.07) is 5.85. The molecule has 0 aromatic heterocycles. The van der Waals surface area contributed by atoms with E-state index >= 15 is 0 Å². The molecule has 1 amide bonds. The zero-order chi connectivity index (χ0) is 11.5. The van der Waals surface area contributed by atoms with Gasteiger partial charge in [-0.1, -0.05) is 0 Å². The highest BCUT2D eigenvalue weighted by atomic mass is 32.2. The quantitative estimate of drug-likeness (QED) is 0.751. The van der Waals surface area contributed by atoms with Gasteiger partial charge >= 0.3 is 0 Å². The van der Waals surface area contributed by atoms with Crippen molar-refractivity contribution in [1.82, 2.24) is 5.32 Å². The first-order valence-electron chi connectivity index (χ1n) is 5.18. The maximum absolute atomic E-state index is 11.4. The van der Waals surface area contributed by atoms with E-state index in [9.17, 15) is 4.79 Å². The van der Waals surface area contributed by atoms with Crippen LogP contribution in [0.1, 0.15) is 0 Å². The summed E-state index contributed by atoms with van der Waals surface area (Å²) in [4.78, 5) is 14.7. The number of nitrogen functional groups attached to an aromatic ring is 1. The number of carbonyl (C=O) groups is 1. The van der Waals surface area contributed by atoms with Gasteiger partial charge in [0.15, 0.2) is 0 Å². The van der Waals surface area contributed by atoms with Crippen LogP contribution in [0.4, 0.5) is 11.4 Å². The van der Waals surface area contributed by atoms with Gasteiger partial charge in [-0.15, -0.1) is 11.8 Å². The number of nitrogens with two attached hydrogens (primary N) is 1. The van der Waals surface area contributed by atoms with E-state index in [2.05, 4.69) is 10.2 Å². The van der Waals surface area contributed by atoms with Crippen LogP contribution in [0.3, 0.4) is 0 Å². The number of thioether (sulfide) groups is 1. The molecule has 0 saturated carbocycles. The lowest BCUT2D eigenvalue weighted by molar-refractivity contribution is -0.119. The summed E-state index contributed by atoms with van der Waals surface area (Å²) < 4.78 is 0. The molecule has 1 aromatic carbocycles. The van der Waals surface area contributed by atoms with E-state index in [0.29, 0.717) is 6.54 Å². The largest absolute Gasteiger partial charge is 0.399 e. The molecule has 4 nitrogen and oxygen atoms in total. The maximum atomic E-state index is 11.4. The molecule has 3 N–H and O–H groups in total. The molecular weight excluding hydrogens is 222 g/mol. The summed E-state index contributed by atoms with van der Waals surface area (Å²) in [6.45, 7) is 1.28. The van der Waals surface area contributed by atoms with Crippen LogP contribution in [0.15, 0.2) is 23.1 Å². The Morgan fingerprint density at radius 2 is 2.44 bits per heavy atom. The molecule has 0 aliphatic carbocycles. The minimum atomic E-state index is 0.0280. The molecule has 1 aliphatic heterocycles. The van der Waals surface area contributed by atoms with Crippen LogP contribution in [0.25, 0.3) is 0 Å². The summed E-state index contributed by atoms with van der Waals surface area (Å²) in [5.41, 5.74) is 7.58. The van der Waals surface area contributed by atoms with Gasteiger partial charge in [-0.2, -0.15) is 0 Å². The van der Waals surface area contributed by atoms with Gasteiger partial charge in [0.2, 0.25) is 5.91 Å². The number of likely N-dealkylation sites (N-methyl/N-ethyl adjacent to an activating group) is 1. The van der Waals surface area contributed by atoms with Crippen molar-refractivity contribution in [3.63, 3.8) is 0 Å². The number of nitrogens with zero attached hydrogens (tertiary/aromatic N) is 1. The molecule has 86 valence electrons. The molecular formula is C11H15N3OS. The second kappa shape index (κ2) is 4.65. The Balaban J connectivity index is 2.24. The zero-order valence-electron chi connectivity index (χ0n) is 9.19. The number of anilines is 2. The fraction of sp³-hybridized carbons (Fsp3) is 0.364. The predicted octanol–water partition coefficient (Wildman–Crippen LogP) is 0.927. The first-order valence-corrected chi connectivity index (χ1v) is 6.17. The highest BCUT2D eigenvalue weighted by molar-refractivity contribution is 7.99. The average molecular weight is 237 g/mol. The summed E-state index contributed by atoms with van der Waals surface area (Å²) in [5, 5.41) is 2.64. The van der Waals surface area contributed by atoms with Crippen LogP contribution in [-0.2, 0) is 4.79 Å². The zero-order valence-corrected chi connectivity index (χ0v) is 10.0. The second-order valence-electron chi connectivity index (χ2n) is 3.67. The van der Waals surface area contributed by atoms with Gasteiger partial charge in [0.05, 0.1) is 12.2 Å². The van der Waals surface area contributed by atoms with E-state index in [1.807, 2.05) is 18.2 Å². The number of benzene rings is 1. The molecule has 0 atom stereocenters. The van der Waals surface area contributed by atoms with Crippen LogP contribution in [0, 0.1) is 0 Å². The monoisotopic (exact) mass is 237 g/mol. The van der Waals surface area contributed by atoms with Gasteiger partial charge in [0.1, 0.15) is 0 Å². The first-order chi connectivity index (χ1) is 7.70. The summed E-state index contributed by atoms with van der Waals surface area (Å²) in [7, 11) is 1.65. The number of hydrogen-bond donors (Lipinski definition) is 2. The van der Waals surface area contributed by atoms with Crippen molar-refractivity contribution in [3.8, 4) is 0 Å². The van der Waals surface area contributed by atoms with E-state index in [1.165, 1.54) is 4.90 Å². The normalized spacial score (nSPS) is 14.4. The van der Waals surface area contributed by atoms with Gasteiger partial charge in [-0.05, 0) is 18.2 Å². The molecule has 0 bridgehead atoms. The lowest BCUT2D eigenvalue weighted by atomic mass is 10.2. The van der Waals surface area contributed by atoms with E-state index in [0.717, 1.165) is 23.7 Å². The van der Waals surface area contributed by atoms with Gasteiger partial charge in [0, 0.05) is 29.9 Å². The fourth-order valence-electron chi connectivity index (χ4n) is 1.71. The fourth-order valence-corrected chi connectivity index (χ4v) is 2.74. The van der Waals surface area contributed by atoms with E-state index in [4.69, 9.17) is 5.73 Å². The van der Waals surface area contributed by atoms with Crippen molar-refractivity contribution in [2.45, 2.75) is 4.90 Å². The van der Waals surface area contributed by atoms with Crippen molar-refractivity contribution in [2.75, 3.05) is 36.5 Å². The molecule has 2 rings (SSSR count). The van der Waals surface area contributed by atoms with Crippen LogP contribution < -0.4 is 16.0 Å². The van der Waals surface area contributed by atoms with Crippen molar-refractivity contribution >= 4 is 29.0 Å². The van der Waals surface area contributed by atoms with Crippen LogP contribution >= 0.6 is 11.8 Å². The summed E-state index contributed by atoms with van der Waals surface area (Å²) in [6.07, 6.45) is 0. The average Bonchev–Trinajstić information content (AvgIpc) is 2.29. The van der Waals surface area contributed by atoms with Gasteiger partial charge in [-0.25, -0.2) is 0 Å². The molecule has 1 heterocycles. The number of hydrogen-bond acceptors (Lipinski definition) is 4. The van der Waals surface area contributed by atoms with Crippen LogP contribution in [0.5, 0.6) is 0 Å². The standard InChI is InChI=1S/C11H15N3OS/c1-13-11(15)7-14-4-5-16-10-3-2-8(12)6-9(10)14/h2-3,6H,4-5,7,12H2,1H3,(H,13,15). The lowest BCUT2D eigenvalue weighted by Gasteiger charge is -2.30. The van der Waals surface area contributed by atoms with Crippen LogP contribution in [0.2, 0.25) is 0 Å². The third-order valence-corrected chi connectivity index (χ3v) is 3.60. The Bertz CT molecular complexity index is 408. The third kappa shape index (κ3) is 2.24. The third-order valence-electron chi connectivity index (χ3n) is 2.56. The van der Waals surface area contributed by atoms with Crippen molar-refractivity contribution in [2.24, 2.45) is 0 Å². The highest BCUT2D eigenvalue weighted by Crippen LogP contribution is 2.35. The van der Waals surface area contributed by atoms with Crippen molar-refractivity contribution < 1.29 is 4.79 Å². The van der Waals surface area contributed by atoms with Crippen molar-refractivity contribution in [1.29, 1.82) is 0 Å². The molecule has 1 aromatic rings. The Morgan fingerprint density at radius 1 is 1.62 bits per heavy atom. The van der Waals surface area contributed by atoms with E-state index in [-0.39, 0.29) is 5.91 Å². The topological polar surface area (TPSA) is 58.4 Å². The van der Waals surface area contributed by atoms with Gasteiger partial charge in [-0.3, -0.25) is 4.79 Å². The molecule has 0 spiro atoms. The van der Waals surface area contributed by atoms with E-state index in [1.54, 1.807) is 18.8 Å². The minimum Gasteiger partial charge on any atom is -0.399 e. The molecule has 1 aliphatic rings. The second-order valence-corrected chi connectivity index (χ2v) is 4.81. The van der Waals surface area contributed by atoms with Crippen LogP contribution in [-0.4, -0.2) is 31.8 Å². The molecule has 0 unspecified atom stereocenters. The Labute approximate surface area is 99.2 Å². The number of nitrogens with one attached hydrogen (secondary N) is 1. The number of carbonyl (C=O) groups excluding carboxylic acids is 1. The molecule has 5 heteroatoms. The maximum Gasteiger partial charge on any atom is 0.239 e. The summed E-state index contributed by atoms with van der Waals surface area (Å²) >= 11 is 1.81. The molecule has 16 heavy (non-hydrogen) atoms. The first kappa shape index (κ1) is 11.1. The lowest BCUT2D eigenvalue weighted by Crippen LogP contribution is -2.38. The molecule has 0 saturated heterocycles. The Kier molecular flexibility index (Phi) is 3.24. The SMILES string of the molecule is CNC(=O)CN1CCSc2ccc(N)cc21. The smallest absolute Gasteiger partial charge is 0.239 e. The highest BCUT2D eigenvalue weighted by Gasteiger charge is 2.19. The Morgan fingerprint density at radius 3 is 3.19 bits per heavy atom. The van der Waals surface area contributed by atoms with Gasteiger partial charge < -0.3 is 16.0 Å². The summed E-state index contributed by atoms with van der Waals surface area (Å²) in [5.74, 6) is 1.04. The molecule has 0 fully saturated rings. The van der Waals surface area contributed by atoms with E-state index < -0.39 is 0 Å². The van der Waals surface area contributed by atoms with Crippen molar-refractivity contribution in [3.05, 3.63) is 18.2 Å². The number of fused-ring (bicyclic) bond motifs is 1. The minimum absolute atomic E-state index is 0.0280. The van der Waals surface area contributed by atoms with Gasteiger partial charge in [0.25, 0.3) is 0 Å². The number of amides is 1. The number of rotatable bonds is 2. The molecule has 0 radical (unpaired) electrons.